The molecule has 1 heterocycles. The summed E-state index contributed by atoms with van der Waals surface area (Å²) < 4.78 is 11.0. The topological polar surface area (TPSA) is 48.4 Å². The third-order valence-corrected chi connectivity index (χ3v) is 4.91. The highest BCUT2D eigenvalue weighted by Gasteiger charge is 2.12. The second-order valence-corrected chi connectivity index (χ2v) is 7.47. The highest BCUT2D eigenvalue weighted by Crippen LogP contribution is 2.28. The molecule has 0 radical (unpaired) electrons. The molecule has 3 aromatic rings. The number of hydrogen-bond donors (Lipinski definition) is 0. The van der Waals surface area contributed by atoms with E-state index in [1.807, 2.05) is 18.2 Å². The predicted octanol–water partition coefficient (Wildman–Crippen LogP) is 6.39. The van der Waals surface area contributed by atoms with Crippen LogP contribution in [0.15, 0.2) is 54.6 Å². The Labute approximate surface area is 184 Å². The fourth-order valence-corrected chi connectivity index (χ4v) is 3.37. The van der Waals surface area contributed by atoms with Crippen molar-refractivity contribution in [2.24, 2.45) is 0 Å². The van der Waals surface area contributed by atoms with Gasteiger partial charge in [0.05, 0.1) is 6.61 Å². The van der Waals surface area contributed by atoms with Gasteiger partial charge in [-0.15, -0.1) is 0 Å². The van der Waals surface area contributed by atoms with Gasteiger partial charge in [-0.2, -0.15) is 0 Å². The zero-order chi connectivity index (χ0) is 20.8. The third-order valence-electron chi connectivity index (χ3n) is 4.08. The molecular formula is C22H18Cl3NO3. The predicted molar refractivity (Wildman–Crippen MR) is 115 cm³/mol. The molecule has 0 spiro atoms. The maximum Gasteiger partial charge on any atom is 0.356 e. The van der Waals surface area contributed by atoms with Gasteiger partial charge in [0, 0.05) is 38.3 Å². The molecule has 0 bridgehead atoms. The van der Waals surface area contributed by atoms with Crippen molar-refractivity contribution in [2.75, 3.05) is 6.61 Å². The van der Waals surface area contributed by atoms with Gasteiger partial charge < -0.3 is 9.47 Å². The van der Waals surface area contributed by atoms with Crippen LogP contribution in [-0.4, -0.2) is 17.6 Å². The van der Waals surface area contributed by atoms with Crippen LogP contribution >= 0.6 is 34.8 Å². The Hall–Kier alpha value is -2.27. The molecule has 2 aromatic carbocycles. The minimum absolute atomic E-state index is 0.266. The summed E-state index contributed by atoms with van der Waals surface area (Å²) in [6.45, 7) is 2.33. The maximum atomic E-state index is 11.9. The first-order valence-electron chi connectivity index (χ1n) is 8.94. The van der Waals surface area contributed by atoms with Gasteiger partial charge in [0.1, 0.15) is 18.1 Å². The number of aromatic nitrogens is 1. The lowest BCUT2D eigenvalue weighted by Gasteiger charge is -2.13. The standard InChI is InChI=1S/C22H18Cl3NO3/c1-2-28-22(27)20-5-3-4-18(26-20)11-15-10-16(23)8-9-21(15)29-13-14-6-7-17(24)12-19(14)25/h3-10,12H,2,11,13H2,1H3. The number of esters is 1. The van der Waals surface area contributed by atoms with Crippen molar-refractivity contribution in [3.63, 3.8) is 0 Å². The SMILES string of the molecule is CCOC(=O)c1cccc(Cc2cc(Cl)ccc2OCc2ccc(Cl)cc2Cl)n1. The van der Waals surface area contributed by atoms with Crippen molar-refractivity contribution >= 4 is 40.8 Å². The van der Waals surface area contributed by atoms with Crippen LogP contribution in [0.3, 0.4) is 0 Å². The molecule has 3 rings (SSSR count). The molecule has 150 valence electrons. The Balaban J connectivity index is 1.80. The van der Waals surface area contributed by atoms with Crippen molar-refractivity contribution in [3.05, 3.63) is 92.2 Å². The Morgan fingerprint density at radius 2 is 1.72 bits per heavy atom. The van der Waals surface area contributed by atoms with Crippen LogP contribution in [-0.2, 0) is 17.8 Å². The number of carbonyl (C=O) groups excluding carboxylic acids is 1. The van der Waals surface area contributed by atoms with Crippen molar-refractivity contribution < 1.29 is 14.3 Å². The van der Waals surface area contributed by atoms with E-state index in [0.717, 1.165) is 11.1 Å². The van der Waals surface area contributed by atoms with Crippen molar-refractivity contribution in [3.8, 4) is 5.75 Å². The zero-order valence-corrected chi connectivity index (χ0v) is 17.9. The normalized spacial score (nSPS) is 10.6. The molecule has 0 atom stereocenters. The molecule has 4 nitrogen and oxygen atoms in total. The molecule has 0 aliphatic carbocycles. The van der Waals surface area contributed by atoms with E-state index in [1.165, 1.54) is 0 Å². The van der Waals surface area contributed by atoms with E-state index in [1.54, 1.807) is 43.3 Å². The van der Waals surface area contributed by atoms with Crippen molar-refractivity contribution in [1.82, 2.24) is 4.98 Å². The average Bonchev–Trinajstić information content (AvgIpc) is 2.69. The van der Waals surface area contributed by atoms with Gasteiger partial charge in [-0.1, -0.05) is 46.9 Å². The van der Waals surface area contributed by atoms with Gasteiger partial charge in [0.15, 0.2) is 0 Å². The average molecular weight is 451 g/mol. The zero-order valence-electron chi connectivity index (χ0n) is 15.6. The van der Waals surface area contributed by atoms with Gasteiger partial charge in [0.2, 0.25) is 0 Å². The van der Waals surface area contributed by atoms with Crippen LogP contribution in [0.25, 0.3) is 0 Å². The monoisotopic (exact) mass is 449 g/mol. The summed E-state index contributed by atoms with van der Waals surface area (Å²) in [4.78, 5) is 16.3. The number of halogens is 3. The third kappa shape index (κ3) is 5.86. The van der Waals surface area contributed by atoms with E-state index in [2.05, 4.69) is 4.98 Å². The summed E-state index contributed by atoms with van der Waals surface area (Å²) in [6.07, 6.45) is 0.442. The molecule has 0 amide bonds. The van der Waals surface area contributed by atoms with Crippen LogP contribution in [0, 0.1) is 0 Å². The lowest BCUT2D eigenvalue weighted by Crippen LogP contribution is -2.08. The molecule has 0 aliphatic heterocycles. The first kappa shape index (κ1) is 21.4. The molecule has 0 N–H and O–H groups in total. The Morgan fingerprint density at radius 3 is 2.48 bits per heavy atom. The minimum atomic E-state index is -0.450. The number of rotatable bonds is 7. The largest absolute Gasteiger partial charge is 0.489 e. The van der Waals surface area contributed by atoms with Gasteiger partial charge in [-0.25, -0.2) is 9.78 Å². The summed E-state index contributed by atoms with van der Waals surface area (Å²) in [5.41, 5.74) is 2.63. The molecule has 0 aliphatic rings. The Kier molecular flexibility index (Phi) is 7.37. The first-order chi connectivity index (χ1) is 14.0. The van der Waals surface area contributed by atoms with Crippen molar-refractivity contribution in [2.45, 2.75) is 20.0 Å². The molecular weight excluding hydrogens is 433 g/mol. The maximum absolute atomic E-state index is 11.9. The van der Waals surface area contributed by atoms with E-state index in [0.29, 0.717) is 39.5 Å². The van der Waals surface area contributed by atoms with E-state index in [9.17, 15) is 4.79 Å². The molecule has 0 unspecified atom stereocenters. The number of hydrogen-bond acceptors (Lipinski definition) is 4. The van der Waals surface area contributed by atoms with Crippen LogP contribution in [0.4, 0.5) is 0 Å². The van der Waals surface area contributed by atoms with Crippen LogP contribution in [0.5, 0.6) is 5.75 Å². The molecule has 0 fully saturated rings. The quantitative estimate of drug-likeness (QED) is 0.391. The number of pyridine rings is 1. The smallest absolute Gasteiger partial charge is 0.356 e. The molecule has 0 saturated heterocycles. The molecule has 29 heavy (non-hydrogen) atoms. The Morgan fingerprint density at radius 1 is 0.966 bits per heavy atom. The number of nitrogens with zero attached hydrogens (tertiary/aromatic N) is 1. The number of benzene rings is 2. The fourth-order valence-electron chi connectivity index (χ4n) is 2.71. The lowest BCUT2D eigenvalue weighted by atomic mass is 10.1. The van der Waals surface area contributed by atoms with Gasteiger partial charge >= 0.3 is 5.97 Å². The van der Waals surface area contributed by atoms with E-state index < -0.39 is 5.97 Å². The van der Waals surface area contributed by atoms with Crippen LogP contribution < -0.4 is 4.74 Å². The van der Waals surface area contributed by atoms with Gasteiger partial charge in [-0.3, -0.25) is 0 Å². The number of carbonyl (C=O) groups is 1. The summed E-state index contributed by atoms with van der Waals surface area (Å²) in [5, 5.41) is 1.69. The second-order valence-electron chi connectivity index (χ2n) is 6.19. The second kappa shape index (κ2) is 9.97. The molecule has 1 aromatic heterocycles. The highest BCUT2D eigenvalue weighted by atomic mass is 35.5. The van der Waals surface area contributed by atoms with Crippen LogP contribution in [0.1, 0.15) is 34.2 Å². The van der Waals surface area contributed by atoms with Crippen LogP contribution in [0.2, 0.25) is 15.1 Å². The summed E-state index contributed by atoms with van der Waals surface area (Å²) in [6, 6.07) is 15.9. The highest BCUT2D eigenvalue weighted by molar-refractivity contribution is 6.35. The molecule has 0 saturated carbocycles. The minimum Gasteiger partial charge on any atom is -0.489 e. The fraction of sp³-hybridized carbons (Fsp3) is 0.182. The van der Waals surface area contributed by atoms with Gasteiger partial charge in [0.25, 0.3) is 0 Å². The van der Waals surface area contributed by atoms with E-state index in [-0.39, 0.29) is 12.3 Å². The summed E-state index contributed by atoms with van der Waals surface area (Å²) >= 11 is 18.3. The number of ether oxygens (including phenoxy) is 2. The summed E-state index contributed by atoms with van der Waals surface area (Å²) in [7, 11) is 0. The van der Waals surface area contributed by atoms with Crippen molar-refractivity contribution in [1.29, 1.82) is 0 Å². The lowest BCUT2D eigenvalue weighted by molar-refractivity contribution is 0.0519. The summed E-state index contributed by atoms with van der Waals surface area (Å²) in [5.74, 6) is 0.207. The van der Waals surface area contributed by atoms with Gasteiger partial charge in [-0.05, 0) is 49.4 Å². The first-order valence-corrected chi connectivity index (χ1v) is 10.1. The Bertz CT molecular complexity index is 1020. The molecule has 7 heteroatoms. The van der Waals surface area contributed by atoms with E-state index in [4.69, 9.17) is 44.3 Å². The van der Waals surface area contributed by atoms with E-state index >= 15 is 0 Å².